The first-order valence-corrected chi connectivity index (χ1v) is 7.03. The summed E-state index contributed by atoms with van der Waals surface area (Å²) in [6.45, 7) is 3.92. The molecule has 1 amide bonds. The SMILES string of the molecule is Cc1ccc(C)c(Sc2ccc(C(N)=O)cc2[N+](=O)[O-])c1. The van der Waals surface area contributed by atoms with Gasteiger partial charge in [-0.25, -0.2) is 0 Å². The number of amides is 1. The lowest BCUT2D eigenvalue weighted by Crippen LogP contribution is -2.11. The van der Waals surface area contributed by atoms with Crippen LogP contribution in [0.25, 0.3) is 0 Å². The van der Waals surface area contributed by atoms with Crippen molar-refractivity contribution in [1.29, 1.82) is 0 Å². The molecule has 0 spiro atoms. The van der Waals surface area contributed by atoms with Gasteiger partial charge in [-0.15, -0.1) is 0 Å². The van der Waals surface area contributed by atoms with Gasteiger partial charge in [-0.2, -0.15) is 0 Å². The quantitative estimate of drug-likeness (QED) is 0.692. The van der Waals surface area contributed by atoms with Crippen LogP contribution in [0.2, 0.25) is 0 Å². The van der Waals surface area contributed by atoms with E-state index in [2.05, 4.69) is 0 Å². The molecule has 0 fully saturated rings. The van der Waals surface area contributed by atoms with Crippen molar-refractivity contribution in [3.05, 3.63) is 63.2 Å². The zero-order valence-corrected chi connectivity index (χ0v) is 12.4. The first-order chi connectivity index (χ1) is 9.88. The molecule has 6 heteroatoms. The Kier molecular flexibility index (Phi) is 4.28. The molecule has 5 nitrogen and oxygen atoms in total. The Morgan fingerprint density at radius 1 is 1.14 bits per heavy atom. The summed E-state index contributed by atoms with van der Waals surface area (Å²) in [5, 5.41) is 11.2. The minimum Gasteiger partial charge on any atom is -0.366 e. The molecule has 0 saturated heterocycles. The predicted octanol–water partition coefficient (Wildman–Crippen LogP) is 3.46. The fraction of sp³-hybridized carbons (Fsp3) is 0.133. The van der Waals surface area contributed by atoms with Crippen LogP contribution in [0.5, 0.6) is 0 Å². The van der Waals surface area contributed by atoms with Crippen LogP contribution in [0.1, 0.15) is 21.5 Å². The summed E-state index contributed by atoms with van der Waals surface area (Å²) in [6.07, 6.45) is 0. The second kappa shape index (κ2) is 5.97. The van der Waals surface area contributed by atoms with E-state index in [9.17, 15) is 14.9 Å². The van der Waals surface area contributed by atoms with Crippen molar-refractivity contribution in [2.45, 2.75) is 23.6 Å². The van der Waals surface area contributed by atoms with E-state index in [1.165, 1.54) is 23.9 Å². The number of hydrogen-bond acceptors (Lipinski definition) is 4. The highest BCUT2D eigenvalue weighted by atomic mass is 32.2. The highest BCUT2D eigenvalue weighted by Gasteiger charge is 2.18. The van der Waals surface area contributed by atoms with Crippen molar-refractivity contribution in [2.75, 3.05) is 0 Å². The molecule has 0 atom stereocenters. The van der Waals surface area contributed by atoms with Crippen molar-refractivity contribution < 1.29 is 9.72 Å². The molecule has 0 unspecified atom stereocenters. The van der Waals surface area contributed by atoms with E-state index in [-0.39, 0.29) is 11.3 Å². The standard InChI is InChI=1S/C15H14N2O3S/c1-9-3-4-10(2)14(7-9)21-13-6-5-11(15(16)18)8-12(13)17(19)20/h3-8H,1-2H3,(H2,16,18). The van der Waals surface area contributed by atoms with Crippen LogP contribution >= 0.6 is 11.8 Å². The highest BCUT2D eigenvalue weighted by Crippen LogP contribution is 2.37. The zero-order chi connectivity index (χ0) is 15.6. The monoisotopic (exact) mass is 302 g/mol. The van der Waals surface area contributed by atoms with Gasteiger partial charge in [0.15, 0.2) is 0 Å². The maximum atomic E-state index is 11.2. The van der Waals surface area contributed by atoms with Gasteiger partial charge in [-0.05, 0) is 43.2 Å². The fourth-order valence-corrected chi connectivity index (χ4v) is 2.92. The molecule has 108 valence electrons. The lowest BCUT2D eigenvalue weighted by atomic mass is 10.2. The number of benzene rings is 2. The Morgan fingerprint density at radius 3 is 2.48 bits per heavy atom. The average molecular weight is 302 g/mol. The van der Waals surface area contributed by atoms with E-state index in [4.69, 9.17) is 5.73 Å². The molecule has 0 bridgehead atoms. The van der Waals surface area contributed by atoms with Gasteiger partial charge in [0, 0.05) is 16.5 Å². The molecule has 0 aromatic heterocycles. The molecule has 2 rings (SSSR count). The van der Waals surface area contributed by atoms with Crippen LogP contribution in [0, 0.1) is 24.0 Å². The summed E-state index contributed by atoms with van der Waals surface area (Å²) < 4.78 is 0. The number of nitrogens with zero attached hydrogens (tertiary/aromatic N) is 1. The van der Waals surface area contributed by atoms with Crippen LogP contribution in [-0.4, -0.2) is 10.8 Å². The van der Waals surface area contributed by atoms with Gasteiger partial charge in [-0.1, -0.05) is 23.9 Å². The lowest BCUT2D eigenvalue weighted by Gasteiger charge is -2.08. The summed E-state index contributed by atoms with van der Waals surface area (Å²) in [6, 6.07) is 10.2. The molecular formula is C15H14N2O3S. The van der Waals surface area contributed by atoms with E-state index in [0.29, 0.717) is 4.90 Å². The molecule has 0 aliphatic carbocycles. The zero-order valence-electron chi connectivity index (χ0n) is 11.6. The summed E-state index contributed by atoms with van der Waals surface area (Å²) in [4.78, 5) is 23.2. The molecule has 2 aromatic carbocycles. The molecule has 0 radical (unpaired) electrons. The second-order valence-electron chi connectivity index (χ2n) is 4.67. The molecule has 2 N–H and O–H groups in total. The summed E-state index contributed by atoms with van der Waals surface area (Å²) in [5.41, 5.74) is 7.30. The Hall–Kier alpha value is -2.34. The number of rotatable bonds is 4. The Balaban J connectivity index is 2.46. The minimum absolute atomic E-state index is 0.114. The van der Waals surface area contributed by atoms with E-state index < -0.39 is 10.8 Å². The van der Waals surface area contributed by atoms with Crippen LogP contribution in [0.15, 0.2) is 46.2 Å². The van der Waals surface area contributed by atoms with Crippen LogP contribution in [-0.2, 0) is 0 Å². The van der Waals surface area contributed by atoms with Crippen molar-refractivity contribution >= 4 is 23.4 Å². The molecule has 0 saturated carbocycles. The molecule has 0 aliphatic rings. The fourth-order valence-electron chi connectivity index (χ4n) is 1.84. The summed E-state index contributed by atoms with van der Waals surface area (Å²) in [5.74, 6) is -0.679. The number of nitro groups is 1. The summed E-state index contributed by atoms with van der Waals surface area (Å²) in [7, 11) is 0. The maximum Gasteiger partial charge on any atom is 0.284 e. The molecule has 0 heterocycles. The van der Waals surface area contributed by atoms with Gasteiger partial charge in [0.2, 0.25) is 5.91 Å². The molecule has 2 aromatic rings. The largest absolute Gasteiger partial charge is 0.366 e. The van der Waals surface area contributed by atoms with Crippen molar-refractivity contribution in [2.24, 2.45) is 5.73 Å². The third-order valence-electron chi connectivity index (χ3n) is 3.00. The second-order valence-corrected chi connectivity index (χ2v) is 5.76. The highest BCUT2D eigenvalue weighted by molar-refractivity contribution is 7.99. The Morgan fingerprint density at radius 2 is 1.86 bits per heavy atom. The topological polar surface area (TPSA) is 86.2 Å². The van der Waals surface area contributed by atoms with Crippen molar-refractivity contribution in [3.8, 4) is 0 Å². The average Bonchev–Trinajstić information content (AvgIpc) is 2.42. The van der Waals surface area contributed by atoms with Crippen LogP contribution < -0.4 is 5.73 Å². The maximum absolute atomic E-state index is 11.2. The van der Waals surface area contributed by atoms with Crippen LogP contribution in [0.3, 0.4) is 0 Å². The van der Waals surface area contributed by atoms with Gasteiger partial charge >= 0.3 is 0 Å². The van der Waals surface area contributed by atoms with Gasteiger partial charge in [0.05, 0.1) is 9.82 Å². The third kappa shape index (κ3) is 3.41. The number of primary amides is 1. The summed E-state index contributed by atoms with van der Waals surface area (Å²) >= 11 is 1.31. The van der Waals surface area contributed by atoms with E-state index in [1.807, 2.05) is 32.0 Å². The van der Waals surface area contributed by atoms with Crippen molar-refractivity contribution in [3.63, 3.8) is 0 Å². The molecule has 0 aliphatic heterocycles. The third-order valence-corrected chi connectivity index (χ3v) is 4.23. The Bertz CT molecular complexity index is 729. The van der Waals surface area contributed by atoms with Gasteiger partial charge < -0.3 is 5.73 Å². The first-order valence-electron chi connectivity index (χ1n) is 6.22. The predicted molar refractivity (Wildman–Crippen MR) is 81.7 cm³/mol. The van der Waals surface area contributed by atoms with Gasteiger partial charge in [0.25, 0.3) is 5.69 Å². The smallest absolute Gasteiger partial charge is 0.284 e. The van der Waals surface area contributed by atoms with Gasteiger partial charge in [0.1, 0.15) is 0 Å². The van der Waals surface area contributed by atoms with E-state index >= 15 is 0 Å². The van der Waals surface area contributed by atoms with Gasteiger partial charge in [-0.3, -0.25) is 14.9 Å². The lowest BCUT2D eigenvalue weighted by molar-refractivity contribution is -0.387. The van der Waals surface area contributed by atoms with E-state index in [0.717, 1.165) is 16.0 Å². The number of carbonyl (C=O) groups excluding carboxylic acids is 1. The Labute approximate surface area is 126 Å². The van der Waals surface area contributed by atoms with Crippen LogP contribution in [0.4, 0.5) is 5.69 Å². The number of carbonyl (C=O) groups is 1. The number of nitro benzene ring substituents is 1. The first kappa shape index (κ1) is 15.1. The minimum atomic E-state index is -0.679. The number of hydrogen-bond donors (Lipinski definition) is 1. The molecule has 21 heavy (non-hydrogen) atoms. The number of nitrogens with two attached hydrogens (primary N) is 1. The van der Waals surface area contributed by atoms with E-state index in [1.54, 1.807) is 6.07 Å². The number of aryl methyl sites for hydroxylation is 2. The molecular weight excluding hydrogens is 288 g/mol. The normalized spacial score (nSPS) is 10.4. The van der Waals surface area contributed by atoms with Crippen molar-refractivity contribution in [1.82, 2.24) is 0 Å².